The molecule has 0 saturated heterocycles. The van der Waals surface area contributed by atoms with Gasteiger partial charge in [-0.3, -0.25) is 14.6 Å². The first-order valence-electron chi connectivity index (χ1n) is 9.79. The van der Waals surface area contributed by atoms with Gasteiger partial charge in [0.15, 0.2) is 0 Å². The smallest absolute Gasteiger partial charge is 0.269 e. The Morgan fingerprint density at radius 2 is 1.60 bits per heavy atom. The topological polar surface area (TPSA) is 82.5 Å². The van der Waals surface area contributed by atoms with E-state index < -0.39 is 12.1 Å². The number of carbonyl (C=O) groups is 2. The van der Waals surface area contributed by atoms with Crippen LogP contribution in [0.5, 0.6) is 0 Å². The molecule has 0 bridgehead atoms. The van der Waals surface area contributed by atoms with E-state index in [1.54, 1.807) is 54.4 Å². The summed E-state index contributed by atoms with van der Waals surface area (Å²) in [5.41, 5.74) is 1.81. The molecule has 2 atom stereocenters. The van der Waals surface area contributed by atoms with Crippen molar-refractivity contribution in [1.29, 1.82) is 0 Å². The van der Waals surface area contributed by atoms with Crippen molar-refractivity contribution in [1.82, 2.24) is 15.2 Å². The Balaban J connectivity index is 1.74. The molecule has 1 heterocycles. The Labute approximate surface area is 176 Å². The Hall–Kier alpha value is -3.51. The molecular weight excluding hydrogens is 378 g/mol. The summed E-state index contributed by atoms with van der Waals surface area (Å²) in [7, 11) is 1.67. The predicted octanol–water partition coefficient (Wildman–Crippen LogP) is 2.56. The van der Waals surface area contributed by atoms with Crippen LogP contribution in [0.15, 0.2) is 85.1 Å². The van der Waals surface area contributed by atoms with E-state index in [2.05, 4.69) is 10.3 Å². The molecule has 0 aliphatic carbocycles. The SMILES string of the molecule is CN(C(=O)c1ccccc1)C(Cc1ccccc1)C(O)CNC(=O)c1ccccn1. The maximum Gasteiger partial charge on any atom is 0.269 e. The number of amides is 2. The molecule has 0 aliphatic heterocycles. The van der Waals surface area contributed by atoms with Crippen molar-refractivity contribution in [3.8, 4) is 0 Å². The van der Waals surface area contributed by atoms with Crippen LogP contribution in [0.4, 0.5) is 0 Å². The van der Waals surface area contributed by atoms with Crippen molar-refractivity contribution < 1.29 is 14.7 Å². The van der Waals surface area contributed by atoms with E-state index in [4.69, 9.17) is 0 Å². The summed E-state index contributed by atoms with van der Waals surface area (Å²) in [6.07, 6.45) is 1.03. The van der Waals surface area contributed by atoms with Crippen molar-refractivity contribution in [3.05, 3.63) is 102 Å². The van der Waals surface area contributed by atoms with Gasteiger partial charge in [0.25, 0.3) is 11.8 Å². The maximum atomic E-state index is 13.0. The highest BCUT2D eigenvalue weighted by Crippen LogP contribution is 2.15. The zero-order chi connectivity index (χ0) is 21.3. The summed E-state index contributed by atoms with van der Waals surface area (Å²) < 4.78 is 0. The number of aliphatic hydroxyl groups excluding tert-OH is 1. The van der Waals surface area contributed by atoms with Crippen LogP contribution in [0, 0.1) is 0 Å². The third-order valence-corrected chi connectivity index (χ3v) is 4.94. The summed E-state index contributed by atoms with van der Waals surface area (Å²) in [5.74, 6) is -0.559. The first kappa shape index (κ1) is 21.2. The lowest BCUT2D eigenvalue weighted by Crippen LogP contribution is -2.50. The third kappa shape index (κ3) is 5.52. The Morgan fingerprint density at radius 3 is 2.23 bits per heavy atom. The molecule has 30 heavy (non-hydrogen) atoms. The molecule has 2 N–H and O–H groups in total. The van der Waals surface area contributed by atoms with Gasteiger partial charge in [-0.15, -0.1) is 0 Å². The largest absolute Gasteiger partial charge is 0.389 e. The number of rotatable bonds is 8. The second kappa shape index (κ2) is 10.3. The Morgan fingerprint density at radius 1 is 0.967 bits per heavy atom. The normalized spacial score (nSPS) is 12.6. The molecule has 3 rings (SSSR count). The van der Waals surface area contributed by atoms with Gasteiger partial charge in [0, 0.05) is 25.4 Å². The molecule has 0 fully saturated rings. The standard InChI is InChI=1S/C24H25N3O3/c1-27(24(30)19-12-6-3-7-13-19)21(16-18-10-4-2-5-11-18)22(28)17-26-23(29)20-14-8-9-15-25-20/h2-15,21-22,28H,16-17H2,1H3,(H,26,29). The van der Waals surface area contributed by atoms with Gasteiger partial charge in [0.2, 0.25) is 0 Å². The van der Waals surface area contributed by atoms with Crippen LogP contribution in [0.1, 0.15) is 26.4 Å². The molecule has 2 aromatic carbocycles. The van der Waals surface area contributed by atoms with E-state index in [1.807, 2.05) is 36.4 Å². The maximum absolute atomic E-state index is 13.0. The summed E-state index contributed by atoms with van der Waals surface area (Å²) >= 11 is 0. The number of likely N-dealkylation sites (N-methyl/N-ethyl adjacent to an activating group) is 1. The van der Waals surface area contributed by atoms with Gasteiger partial charge in [0.1, 0.15) is 5.69 Å². The number of pyridine rings is 1. The number of hydrogen-bond donors (Lipinski definition) is 2. The van der Waals surface area contributed by atoms with Crippen molar-refractivity contribution in [2.45, 2.75) is 18.6 Å². The first-order chi connectivity index (χ1) is 14.6. The molecule has 3 aromatic rings. The molecule has 6 nitrogen and oxygen atoms in total. The third-order valence-electron chi connectivity index (χ3n) is 4.94. The zero-order valence-electron chi connectivity index (χ0n) is 16.8. The Kier molecular flexibility index (Phi) is 7.29. The minimum Gasteiger partial charge on any atom is -0.389 e. The van der Waals surface area contributed by atoms with Gasteiger partial charge in [-0.2, -0.15) is 0 Å². The fourth-order valence-corrected chi connectivity index (χ4v) is 3.24. The number of aromatic nitrogens is 1. The quantitative estimate of drug-likeness (QED) is 0.606. The number of benzene rings is 2. The van der Waals surface area contributed by atoms with Gasteiger partial charge >= 0.3 is 0 Å². The zero-order valence-corrected chi connectivity index (χ0v) is 16.8. The summed E-state index contributed by atoms with van der Waals surface area (Å²) in [6.45, 7) is -0.000677. The van der Waals surface area contributed by atoms with Crippen molar-refractivity contribution in [2.75, 3.05) is 13.6 Å². The minimum atomic E-state index is -0.962. The van der Waals surface area contributed by atoms with E-state index in [0.29, 0.717) is 12.0 Å². The van der Waals surface area contributed by atoms with Crippen LogP contribution in [0.3, 0.4) is 0 Å². The average Bonchev–Trinajstić information content (AvgIpc) is 2.81. The van der Waals surface area contributed by atoms with Crippen LogP contribution in [-0.4, -0.2) is 52.5 Å². The van der Waals surface area contributed by atoms with E-state index in [0.717, 1.165) is 5.56 Å². The first-order valence-corrected chi connectivity index (χ1v) is 9.79. The highest BCUT2D eigenvalue weighted by molar-refractivity contribution is 5.94. The fourth-order valence-electron chi connectivity index (χ4n) is 3.24. The number of nitrogens with one attached hydrogen (secondary N) is 1. The van der Waals surface area contributed by atoms with Gasteiger partial charge in [0.05, 0.1) is 12.1 Å². The van der Waals surface area contributed by atoms with E-state index in [-0.39, 0.29) is 24.1 Å². The lowest BCUT2D eigenvalue weighted by atomic mass is 9.99. The van der Waals surface area contributed by atoms with Crippen LogP contribution in [0.25, 0.3) is 0 Å². The van der Waals surface area contributed by atoms with Gasteiger partial charge in [-0.25, -0.2) is 0 Å². The molecule has 154 valence electrons. The number of carbonyl (C=O) groups excluding carboxylic acids is 2. The summed E-state index contributed by atoms with van der Waals surface area (Å²) in [6, 6.07) is 23.1. The molecule has 2 amide bonds. The second-order valence-electron chi connectivity index (χ2n) is 7.03. The van der Waals surface area contributed by atoms with Crippen LogP contribution >= 0.6 is 0 Å². The molecular formula is C24H25N3O3. The van der Waals surface area contributed by atoms with Gasteiger partial charge in [-0.05, 0) is 36.2 Å². The van der Waals surface area contributed by atoms with Crippen molar-refractivity contribution in [3.63, 3.8) is 0 Å². The van der Waals surface area contributed by atoms with Crippen molar-refractivity contribution in [2.24, 2.45) is 0 Å². The molecule has 2 unspecified atom stereocenters. The highest BCUT2D eigenvalue weighted by Gasteiger charge is 2.28. The monoisotopic (exact) mass is 403 g/mol. The molecule has 0 radical (unpaired) electrons. The minimum absolute atomic E-state index is 0.000677. The molecule has 0 spiro atoms. The summed E-state index contributed by atoms with van der Waals surface area (Å²) in [4.78, 5) is 30.8. The molecule has 1 aromatic heterocycles. The Bertz CT molecular complexity index is 949. The average molecular weight is 403 g/mol. The number of nitrogens with zero attached hydrogens (tertiary/aromatic N) is 2. The van der Waals surface area contributed by atoms with E-state index >= 15 is 0 Å². The van der Waals surface area contributed by atoms with Crippen LogP contribution < -0.4 is 5.32 Å². The molecule has 0 aliphatic rings. The fraction of sp³-hybridized carbons (Fsp3) is 0.208. The summed E-state index contributed by atoms with van der Waals surface area (Å²) in [5, 5.41) is 13.6. The predicted molar refractivity (Wildman–Crippen MR) is 115 cm³/mol. The van der Waals surface area contributed by atoms with Crippen LogP contribution in [0.2, 0.25) is 0 Å². The highest BCUT2D eigenvalue weighted by atomic mass is 16.3. The van der Waals surface area contributed by atoms with E-state index in [1.165, 1.54) is 6.20 Å². The molecule has 6 heteroatoms. The van der Waals surface area contributed by atoms with Gasteiger partial charge in [-0.1, -0.05) is 54.6 Å². The number of hydrogen-bond acceptors (Lipinski definition) is 4. The van der Waals surface area contributed by atoms with Gasteiger partial charge < -0.3 is 15.3 Å². The van der Waals surface area contributed by atoms with Crippen molar-refractivity contribution >= 4 is 11.8 Å². The molecule has 0 saturated carbocycles. The second-order valence-corrected chi connectivity index (χ2v) is 7.03. The lowest BCUT2D eigenvalue weighted by Gasteiger charge is -2.32. The number of aliphatic hydroxyl groups is 1. The lowest BCUT2D eigenvalue weighted by molar-refractivity contribution is 0.0436. The van der Waals surface area contributed by atoms with E-state index in [9.17, 15) is 14.7 Å². The van der Waals surface area contributed by atoms with Crippen LogP contribution in [-0.2, 0) is 6.42 Å².